The maximum Gasteiger partial charge on any atom is 0.0240 e. The summed E-state index contributed by atoms with van der Waals surface area (Å²) in [5.41, 5.74) is 0. The van der Waals surface area contributed by atoms with E-state index in [0.29, 0.717) is 18.0 Å². The van der Waals surface area contributed by atoms with Gasteiger partial charge >= 0.3 is 0 Å². The second-order valence-corrected chi connectivity index (χ2v) is 3.71. The van der Waals surface area contributed by atoms with Gasteiger partial charge < -0.3 is 5.32 Å². The molecule has 0 saturated heterocycles. The third-order valence-electron chi connectivity index (χ3n) is 2.36. The van der Waals surface area contributed by atoms with Gasteiger partial charge in [0, 0.05) is 18.5 Å². The molecule has 0 heterocycles. The quantitative estimate of drug-likeness (QED) is 0.620. The second-order valence-electron chi connectivity index (χ2n) is 3.71. The number of terminal acetylenes is 1. The van der Waals surface area contributed by atoms with Crippen LogP contribution >= 0.6 is 0 Å². The Balaban J connectivity index is 3.78. The summed E-state index contributed by atoms with van der Waals surface area (Å²) in [7, 11) is 0. The van der Waals surface area contributed by atoms with Gasteiger partial charge in [0.25, 0.3) is 0 Å². The van der Waals surface area contributed by atoms with Gasteiger partial charge in [-0.2, -0.15) is 0 Å². The summed E-state index contributed by atoms with van der Waals surface area (Å²) in [6.07, 6.45) is 7.22. The molecule has 0 bridgehead atoms. The first kappa shape index (κ1) is 11.5. The van der Waals surface area contributed by atoms with Crippen molar-refractivity contribution in [1.82, 2.24) is 5.32 Å². The molecule has 0 radical (unpaired) electrons. The molecular formula is C11H21N. The van der Waals surface area contributed by atoms with Gasteiger partial charge in [0.1, 0.15) is 0 Å². The summed E-state index contributed by atoms with van der Waals surface area (Å²) in [4.78, 5) is 0. The van der Waals surface area contributed by atoms with E-state index < -0.39 is 0 Å². The largest absolute Gasteiger partial charge is 0.310 e. The van der Waals surface area contributed by atoms with Crippen molar-refractivity contribution in [1.29, 1.82) is 0 Å². The van der Waals surface area contributed by atoms with Crippen LogP contribution < -0.4 is 5.32 Å². The summed E-state index contributed by atoms with van der Waals surface area (Å²) in [6, 6.07) is 1.05. The highest BCUT2D eigenvalue weighted by Gasteiger charge is 2.11. The molecule has 0 aromatic carbocycles. The predicted octanol–water partition coefficient (Wildman–Crippen LogP) is 2.42. The van der Waals surface area contributed by atoms with E-state index in [4.69, 9.17) is 6.42 Å². The Hall–Kier alpha value is -0.480. The van der Waals surface area contributed by atoms with Crippen molar-refractivity contribution in [3.8, 4) is 12.3 Å². The fourth-order valence-corrected chi connectivity index (χ4v) is 1.03. The van der Waals surface area contributed by atoms with Gasteiger partial charge in [-0.1, -0.05) is 20.8 Å². The Morgan fingerprint density at radius 3 is 2.25 bits per heavy atom. The van der Waals surface area contributed by atoms with E-state index in [1.807, 2.05) is 0 Å². The molecule has 0 amide bonds. The fourth-order valence-electron chi connectivity index (χ4n) is 1.03. The molecule has 12 heavy (non-hydrogen) atoms. The smallest absolute Gasteiger partial charge is 0.0240 e. The summed E-state index contributed by atoms with van der Waals surface area (Å²) in [6.45, 7) is 8.83. The van der Waals surface area contributed by atoms with Crippen LogP contribution in [0.5, 0.6) is 0 Å². The van der Waals surface area contributed by atoms with Crippen LogP contribution in [0.25, 0.3) is 0 Å². The van der Waals surface area contributed by atoms with Crippen LogP contribution in [0, 0.1) is 18.3 Å². The molecule has 0 aliphatic carbocycles. The van der Waals surface area contributed by atoms with Gasteiger partial charge in [-0.3, -0.25) is 0 Å². The maximum atomic E-state index is 5.27. The van der Waals surface area contributed by atoms with Crippen LogP contribution in [0.1, 0.15) is 40.5 Å². The van der Waals surface area contributed by atoms with Crippen molar-refractivity contribution in [2.45, 2.75) is 52.6 Å². The van der Waals surface area contributed by atoms with Gasteiger partial charge in [-0.15, -0.1) is 12.3 Å². The summed E-state index contributed by atoms with van der Waals surface area (Å²) >= 11 is 0. The van der Waals surface area contributed by atoms with E-state index >= 15 is 0 Å². The van der Waals surface area contributed by atoms with Crippen molar-refractivity contribution in [2.75, 3.05) is 0 Å². The van der Waals surface area contributed by atoms with Crippen LogP contribution in [0.3, 0.4) is 0 Å². The monoisotopic (exact) mass is 167 g/mol. The average Bonchev–Trinajstić information content (AvgIpc) is 2.03. The molecule has 0 rings (SSSR count). The Kier molecular flexibility index (Phi) is 5.84. The first-order chi connectivity index (χ1) is 5.61. The predicted molar refractivity (Wildman–Crippen MR) is 55.0 cm³/mol. The van der Waals surface area contributed by atoms with E-state index in [2.05, 4.69) is 38.9 Å². The first-order valence-electron chi connectivity index (χ1n) is 4.81. The molecule has 0 aliphatic heterocycles. The van der Waals surface area contributed by atoms with E-state index in [0.717, 1.165) is 12.8 Å². The molecule has 0 spiro atoms. The molecule has 0 saturated carbocycles. The van der Waals surface area contributed by atoms with Crippen LogP contribution in [0.2, 0.25) is 0 Å². The number of rotatable bonds is 5. The first-order valence-corrected chi connectivity index (χ1v) is 4.81. The second kappa shape index (κ2) is 6.08. The minimum atomic E-state index is 0.493. The Bertz CT molecular complexity index is 144. The number of nitrogens with one attached hydrogen (secondary N) is 1. The SMILES string of the molecule is C#CCC(CC)NC(C)C(C)C. The van der Waals surface area contributed by atoms with Crippen molar-refractivity contribution in [3.05, 3.63) is 0 Å². The third kappa shape index (κ3) is 4.41. The molecule has 1 N–H and O–H groups in total. The van der Waals surface area contributed by atoms with Crippen LogP contribution in [0.15, 0.2) is 0 Å². The molecule has 0 fully saturated rings. The molecule has 70 valence electrons. The van der Waals surface area contributed by atoms with Gasteiger partial charge in [-0.25, -0.2) is 0 Å². The molecule has 0 aromatic rings. The van der Waals surface area contributed by atoms with Gasteiger partial charge in [0.05, 0.1) is 0 Å². The van der Waals surface area contributed by atoms with Gasteiger partial charge in [-0.05, 0) is 19.3 Å². The standard InChI is InChI=1S/C11H21N/c1-6-8-11(7-2)12-10(5)9(3)4/h1,9-12H,7-8H2,2-5H3. The van der Waals surface area contributed by atoms with E-state index in [9.17, 15) is 0 Å². The molecule has 2 atom stereocenters. The molecular weight excluding hydrogens is 146 g/mol. The lowest BCUT2D eigenvalue weighted by Crippen LogP contribution is -2.38. The lowest BCUT2D eigenvalue weighted by molar-refractivity contribution is 0.368. The lowest BCUT2D eigenvalue weighted by Gasteiger charge is -2.23. The minimum absolute atomic E-state index is 0.493. The van der Waals surface area contributed by atoms with Crippen molar-refractivity contribution in [3.63, 3.8) is 0 Å². The minimum Gasteiger partial charge on any atom is -0.310 e. The van der Waals surface area contributed by atoms with Gasteiger partial charge in [0.15, 0.2) is 0 Å². The molecule has 1 nitrogen and oxygen atoms in total. The zero-order valence-corrected chi connectivity index (χ0v) is 8.72. The van der Waals surface area contributed by atoms with E-state index in [-0.39, 0.29) is 0 Å². The highest BCUT2D eigenvalue weighted by Crippen LogP contribution is 2.04. The van der Waals surface area contributed by atoms with E-state index in [1.54, 1.807) is 0 Å². The Labute approximate surface area is 76.9 Å². The normalized spacial score (nSPS) is 15.7. The van der Waals surface area contributed by atoms with Crippen LogP contribution in [0.4, 0.5) is 0 Å². The maximum absolute atomic E-state index is 5.27. The van der Waals surface area contributed by atoms with E-state index in [1.165, 1.54) is 0 Å². The third-order valence-corrected chi connectivity index (χ3v) is 2.36. The summed E-state index contributed by atoms with van der Waals surface area (Å²) < 4.78 is 0. The highest BCUT2D eigenvalue weighted by molar-refractivity contribution is 4.90. The average molecular weight is 167 g/mol. The number of hydrogen-bond acceptors (Lipinski definition) is 1. The number of hydrogen-bond donors (Lipinski definition) is 1. The topological polar surface area (TPSA) is 12.0 Å². The molecule has 0 aromatic heterocycles. The molecule has 2 unspecified atom stereocenters. The summed E-state index contributed by atoms with van der Waals surface area (Å²) in [5.74, 6) is 3.38. The fraction of sp³-hybridized carbons (Fsp3) is 0.818. The Morgan fingerprint density at radius 2 is 1.92 bits per heavy atom. The molecule has 0 aliphatic rings. The van der Waals surface area contributed by atoms with Crippen molar-refractivity contribution in [2.24, 2.45) is 5.92 Å². The highest BCUT2D eigenvalue weighted by atomic mass is 14.9. The zero-order valence-electron chi connectivity index (χ0n) is 8.72. The zero-order chi connectivity index (χ0) is 9.56. The lowest BCUT2D eigenvalue weighted by atomic mass is 10.0. The summed E-state index contributed by atoms with van der Waals surface area (Å²) in [5, 5.41) is 3.52. The van der Waals surface area contributed by atoms with Crippen molar-refractivity contribution < 1.29 is 0 Å². The van der Waals surface area contributed by atoms with Crippen LogP contribution in [-0.4, -0.2) is 12.1 Å². The van der Waals surface area contributed by atoms with Gasteiger partial charge in [0.2, 0.25) is 0 Å². The Morgan fingerprint density at radius 1 is 1.33 bits per heavy atom. The molecule has 1 heteroatoms. The van der Waals surface area contributed by atoms with Crippen LogP contribution in [-0.2, 0) is 0 Å². The van der Waals surface area contributed by atoms with Crippen molar-refractivity contribution >= 4 is 0 Å².